The second-order valence-electron chi connectivity index (χ2n) is 5.96. The number of nitrogens with zero attached hydrogens (tertiary/aromatic N) is 4. The maximum absolute atomic E-state index is 12.5. The zero-order valence-corrected chi connectivity index (χ0v) is 16.5. The van der Waals surface area contributed by atoms with Crippen molar-refractivity contribution in [2.75, 3.05) is 5.75 Å². The van der Waals surface area contributed by atoms with Crippen LogP contribution in [0, 0.1) is 0 Å². The van der Waals surface area contributed by atoms with Crippen LogP contribution in [0.1, 0.15) is 31.4 Å². The summed E-state index contributed by atoms with van der Waals surface area (Å²) >= 11 is 7.32. The molecule has 0 saturated carbocycles. The standard InChI is InChI=1S/C19H20ClN5OS/c1-2-7-17(14-8-4-3-5-9-14)21-18(26)13-27-19-22-23-24-25(19)16-11-6-10-15(20)12-16/h3-6,8-12,17H,2,7,13H2,1H3,(H,21,26)/t17-/m1/s1. The molecule has 3 rings (SSSR count). The van der Waals surface area contributed by atoms with Crippen LogP contribution >= 0.6 is 23.4 Å². The van der Waals surface area contributed by atoms with E-state index in [4.69, 9.17) is 11.6 Å². The third kappa shape index (κ3) is 5.30. The predicted octanol–water partition coefficient (Wildman–Crippen LogP) is 4.07. The number of halogens is 1. The van der Waals surface area contributed by atoms with Gasteiger partial charge >= 0.3 is 0 Å². The summed E-state index contributed by atoms with van der Waals surface area (Å²) in [5.41, 5.74) is 1.87. The summed E-state index contributed by atoms with van der Waals surface area (Å²) in [6.45, 7) is 2.11. The van der Waals surface area contributed by atoms with Crippen molar-refractivity contribution in [1.29, 1.82) is 0 Å². The van der Waals surface area contributed by atoms with Gasteiger partial charge in [-0.25, -0.2) is 0 Å². The topological polar surface area (TPSA) is 72.7 Å². The largest absolute Gasteiger partial charge is 0.349 e. The number of tetrazole rings is 1. The van der Waals surface area contributed by atoms with E-state index in [1.807, 2.05) is 42.5 Å². The van der Waals surface area contributed by atoms with Crippen molar-refractivity contribution in [3.8, 4) is 5.69 Å². The van der Waals surface area contributed by atoms with E-state index in [1.165, 1.54) is 11.8 Å². The molecule has 1 heterocycles. The maximum atomic E-state index is 12.5. The number of carbonyl (C=O) groups is 1. The van der Waals surface area contributed by atoms with Gasteiger partial charge in [-0.1, -0.05) is 73.1 Å². The Balaban J connectivity index is 1.63. The molecule has 6 nitrogen and oxygen atoms in total. The Morgan fingerprint density at radius 3 is 2.78 bits per heavy atom. The van der Waals surface area contributed by atoms with Crippen LogP contribution in [-0.4, -0.2) is 31.9 Å². The number of rotatable bonds is 8. The zero-order valence-electron chi connectivity index (χ0n) is 14.9. The Kier molecular flexibility index (Phi) is 6.84. The average Bonchev–Trinajstić information content (AvgIpc) is 3.15. The first-order chi connectivity index (χ1) is 13.2. The number of thioether (sulfide) groups is 1. The Bertz CT molecular complexity index is 887. The van der Waals surface area contributed by atoms with Gasteiger partial charge in [-0.15, -0.1) is 5.10 Å². The highest BCUT2D eigenvalue weighted by Gasteiger charge is 2.16. The van der Waals surface area contributed by atoms with Crippen molar-refractivity contribution in [1.82, 2.24) is 25.5 Å². The summed E-state index contributed by atoms with van der Waals surface area (Å²) < 4.78 is 1.57. The first-order valence-corrected chi connectivity index (χ1v) is 10.0. The number of hydrogen-bond acceptors (Lipinski definition) is 5. The summed E-state index contributed by atoms with van der Waals surface area (Å²) in [4.78, 5) is 12.5. The predicted molar refractivity (Wildman–Crippen MR) is 107 cm³/mol. The maximum Gasteiger partial charge on any atom is 0.230 e. The molecule has 1 amide bonds. The fourth-order valence-corrected chi connectivity index (χ4v) is 3.59. The molecule has 3 aromatic rings. The molecule has 0 aliphatic rings. The summed E-state index contributed by atoms with van der Waals surface area (Å²) in [6.07, 6.45) is 1.88. The van der Waals surface area contributed by atoms with E-state index < -0.39 is 0 Å². The van der Waals surface area contributed by atoms with Crippen LogP contribution in [0.25, 0.3) is 5.69 Å². The highest BCUT2D eigenvalue weighted by atomic mass is 35.5. The molecule has 27 heavy (non-hydrogen) atoms. The lowest BCUT2D eigenvalue weighted by molar-refractivity contribution is -0.119. The molecule has 0 aliphatic heterocycles. The molecule has 1 atom stereocenters. The van der Waals surface area contributed by atoms with Gasteiger partial charge in [-0.2, -0.15) is 4.68 Å². The van der Waals surface area contributed by atoms with Crippen LogP contribution in [0.4, 0.5) is 0 Å². The number of nitrogens with one attached hydrogen (secondary N) is 1. The van der Waals surface area contributed by atoms with Gasteiger partial charge in [-0.05, 0) is 40.6 Å². The van der Waals surface area contributed by atoms with E-state index in [0.29, 0.717) is 10.2 Å². The quantitative estimate of drug-likeness (QED) is 0.576. The summed E-state index contributed by atoms with van der Waals surface area (Å²) in [5.74, 6) is 0.177. The van der Waals surface area contributed by atoms with Crippen LogP contribution < -0.4 is 5.32 Å². The molecule has 0 fully saturated rings. The van der Waals surface area contributed by atoms with Crippen molar-refractivity contribution in [2.24, 2.45) is 0 Å². The summed E-state index contributed by atoms with van der Waals surface area (Å²) in [6, 6.07) is 17.3. The van der Waals surface area contributed by atoms with Gasteiger partial charge in [0.05, 0.1) is 17.5 Å². The number of carbonyl (C=O) groups excluding carboxylic acids is 1. The molecule has 1 aromatic heterocycles. The number of aromatic nitrogens is 4. The molecule has 0 spiro atoms. The minimum absolute atomic E-state index is 0.00762. The van der Waals surface area contributed by atoms with Gasteiger partial charge in [0, 0.05) is 5.02 Å². The molecule has 8 heteroatoms. The Morgan fingerprint density at radius 2 is 2.04 bits per heavy atom. The van der Waals surface area contributed by atoms with E-state index >= 15 is 0 Å². The lowest BCUT2D eigenvalue weighted by atomic mass is 10.0. The number of hydrogen-bond donors (Lipinski definition) is 1. The normalized spacial score (nSPS) is 11.9. The molecular formula is C19H20ClN5OS. The molecule has 0 radical (unpaired) electrons. The highest BCUT2D eigenvalue weighted by Crippen LogP contribution is 2.22. The first-order valence-electron chi connectivity index (χ1n) is 8.69. The number of benzene rings is 2. The summed E-state index contributed by atoms with van der Waals surface area (Å²) in [5, 5.41) is 16.0. The van der Waals surface area contributed by atoms with Crippen molar-refractivity contribution < 1.29 is 4.79 Å². The molecule has 0 saturated heterocycles. The van der Waals surface area contributed by atoms with Gasteiger partial charge in [0.15, 0.2) is 0 Å². The van der Waals surface area contributed by atoms with Crippen LogP contribution in [-0.2, 0) is 4.79 Å². The zero-order chi connectivity index (χ0) is 19.1. The third-order valence-corrected chi connectivity index (χ3v) is 5.09. The van der Waals surface area contributed by atoms with Crippen LogP contribution in [0.5, 0.6) is 0 Å². The van der Waals surface area contributed by atoms with Crippen molar-refractivity contribution in [2.45, 2.75) is 31.0 Å². The molecule has 2 aromatic carbocycles. The Hall–Kier alpha value is -2.38. The fourth-order valence-electron chi connectivity index (χ4n) is 2.70. The fraction of sp³-hybridized carbons (Fsp3) is 0.263. The summed E-state index contributed by atoms with van der Waals surface area (Å²) in [7, 11) is 0. The molecule has 1 N–H and O–H groups in total. The Labute approximate surface area is 167 Å². The van der Waals surface area contributed by atoms with Gasteiger partial charge in [0.1, 0.15) is 0 Å². The first kappa shape index (κ1) is 19.4. The van der Waals surface area contributed by atoms with Gasteiger partial charge in [0.2, 0.25) is 11.1 Å². The molecule has 0 bridgehead atoms. The van der Waals surface area contributed by atoms with Crippen molar-refractivity contribution in [3.63, 3.8) is 0 Å². The van der Waals surface area contributed by atoms with Gasteiger partial charge in [0.25, 0.3) is 0 Å². The van der Waals surface area contributed by atoms with E-state index in [1.54, 1.807) is 16.8 Å². The van der Waals surface area contributed by atoms with E-state index in [0.717, 1.165) is 24.1 Å². The molecule has 0 unspecified atom stereocenters. The smallest absolute Gasteiger partial charge is 0.230 e. The van der Waals surface area contributed by atoms with E-state index in [9.17, 15) is 4.79 Å². The van der Waals surface area contributed by atoms with Crippen LogP contribution in [0.15, 0.2) is 59.8 Å². The van der Waals surface area contributed by atoms with Crippen LogP contribution in [0.2, 0.25) is 5.02 Å². The van der Waals surface area contributed by atoms with E-state index in [-0.39, 0.29) is 17.7 Å². The third-order valence-electron chi connectivity index (χ3n) is 3.94. The minimum atomic E-state index is -0.0528. The SMILES string of the molecule is CCC[C@@H](NC(=O)CSc1nnnn1-c1cccc(Cl)c1)c1ccccc1. The van der Waals surface area contributed by atoms with Gasteiger partial charge in [-0.3, -0.25) is 4.79 Å². The molecule has 140 valence electrons. The van der Waals surface area contributed by atoms with Crippen LogP contribution in [0.3, 0.4) is 0 Å². The van der Waals surface area contributed by atoms with Crippen molar-refractivity contribution in [3.05, 3.63) is 65.2 Å². The highest BCUT2D eigenvalue weighted by molar-refractivity contribution is 7.99. The number of amides is 1. The average molecular weight is 402 g/mol. The second-order valence-corrected chi connectivity index (χ2v) is 7.34. The van der Waals surface area contributed by atoms with Gasteiger partial charge < -0.3 is 5.32 Å². The molecule has 0 aliphatic carbocycles. The monoisotopic (exact) mass is 401 g/mol. The second kappa shape index (κ2) is 9.53. The lowest BCUT2D eigenvalue weighted by Crippen LogP contribution is -2.30. The Morgan fingerprint density at radius 1 is 1.22 bits per heavy atom. The minimum Gasteiger partial charge on any atom is -0.349 e. The lowest BCUT2D eigenvalue weighted by Gasteiger charge is -2.18. The molecular weight excluding hydrogens is 382 g/mol. The van der Waals surface area contributed by atoms with E-state index in [2.05, 4.69) is 27.8 Å². The van der Waals surface area contributed by atoms with Crippen molar-refractivity contribution >= 4 is 29.3 Å².